The smallest absolute Gasteiger partial charge is 0.201 e. The Morgan fingerprint density at radius 1 is 0.348 bits per heavy atom. The number of hydrazone groups is 2. The monoisotopic (exact) mass is 598 g/mol. The molecule has 0 atom stereocenters. The highest BCUT2D eigenvalue weighted by Gasteiger charge is 2.05. The number of benzene rings is 6. The maximum atomic E-state index is 4.50. The Morgan fingerprint density at radius 2 is 0.674 bits per heavy atom. The van der Waals surface area contributed by atoms with E-state index in [-0.39, 0.29) is 0 Å². The number of hydrogen-bond acceptors (Lipinski definition) is 6. The van der Waals surface area contributed by atoms with E-state index < -0.39 is 0 Å². The molecule has 0 spiro atoms. The lowest BCUT2D eigenvalue weighted by Crippen LogP contribution is -2.00. The summed E-state index contributed by atoms with van der Waals surface area (Å²) >= 11 is 0. The van der Waals surface area contributed by atoms with Crippen LogP contribution in [0.4, 0.5) is 22.7 Å². The summed E-state index contributed by atoms with van der Waals surface area (Å²) in [4.78, 5) is 0. The summed E-state index contributed by atoms with van der Waals surface area (Å²) in [5.41, 5.74) is 13.1. The SMILES string of the molecule is c1ccc(N/N=C(/N=Nc2ccc(-c3ccc(N=N/C(=N/Nc4ccccc4)c4ccccc4)cc3)cc2)c2ccccc2)cc1. The van der Waals surface area contributed by atoms with Gasteiger partial charge < -0.3 is 0 Å². The lowest BCUT2D eigenvalue weighted by molar-refractivity contribution is 1.22. The second-order valence-corrected chi connectivity index (χ2v) is 10.1. The third-order valence-electron chi connectivity index (χ3n) is 6.78. The third-order valence-corrected chi connectivity index (χ3v) is 6.78. The van der Waals surface area contributed by atoms with Crippen LogP contribution in [0.15, 0.2) is 201 Å². The molecule has 2 N–H and O–H groups in total. The molecule has 222 valence electrons. The van der Waals surface area contributed by atoms with E-state index in [2.05, 4.69) is 41.5 Å². The Balaban J connectivity index is 1.14. The Morgan fingerprint density at radius 3 is 1.02 bits per heavy atom. The van der Waals surface area contributed by atoms with Gasteiger partial charge in [-0.15, -0.1) is 20.5 Å². The minimum Gasteiger partial charge on any atom is -0.276 e. The van der Waals surface area contributed by atoms with Crippen molar-refractivity contribution in [1.29, 1.82) is 0 Å². The van der Waals surface area contributed by atoms with Crippen molar-refractivity contribution in [3.63, 3.8) is 0 Å². The van der Waals surface area contributed by atoms with Crippen molar-refractivity contribution in [2.24, 2.45) is 30.7 Å². The standard InChI is InChI=1S/C38H30N8/c1-5-13-31(14-6-1)37(43-39-33-17-9-3-10-18-33)45-41-35-25-21-29(22-26-35)30-23-27-36(28-24-30)42-46-38(32-15-7-2-8-16-32)44-40-34-19-11-4-12-20-34/h1-28,39-40H/b43-37+,44-38+,45-41?,46-42?. The van der Waals surface area contributed by atoms with Gasteiger partial charge >= 0.3 is 0 Å². The number of amidine groups is 2. The van der Waals surface area contributed by atoms with Crippen LogP contribution in [0.5, 0.6) is 0 Å². The second-order valence-electron chi connectivity index (χ2n) is 10.1. The van der Waals surface area contributed by atoms with Crippen LogP contribution >= 0.6 is 0 Å². The van der Waals surface area contributed by atoms with Gasteiger partial charge in [0.1, 0.15) is 0 Å². The normalized spacial score (nSPS) is 12.0. The molecule has 0 fully saturated rings. The first kappa shape index (κ1) is 29.5. The van der Waals surface area contributed by atoms with E-state index in [1.54, 1.807) is 0 Å². The third kappa shape index (κ3) is 8.30. The Kier molecular flexibility index (Phi) is 9.80. The number of hydrogen-bond donors (Lipinski definition) is 2. The molecule has 0 saturated heterocycles. The zero-order valence-electron chi connectivity index (χ0n) is 24.8. The van der Waals surface area contributed by atoms with Crippen LogP contribution in [0, 0.1) is 0 Å². The molecule has 0 amide bonds. The van der Waals surface area contributed by atoms with Crippen LogP contribution in [0.1, 0.15) is 11.1 Å². The van der Waals surface area contributed by atoms with Gasteiger partial charge in [-0.1, -0.05) is 121 Å². The Labute approximate surface area is 267 Å². The molecule has 0 aromatic heterocycles. The number of azo groups is 2. The van der Waals surface area contributed by atoms with Gasteiger partial charge in [-0.05, 0) is 59.7 Å². The fourth-order valence-corrected chi connectivity index (χ4v) is 4.38. The maximum Gasteiger partial charge on any atom is 0.201 e. The first-order chi connectivity index (χ1) is 22.8. The zero-order chi connectivity index (χ0) is 31.2. The van der Waals surface area contributed by atoms with E-state index in [0.717, 1.165) is 33.6 Å². The lowest BCUT2D eigenvalue weighted by atomic mass is 10.1. The highest BCUT2D eigenvalue weighted by Crippen LogP contribution is 2.26. The van der Waals surface area contributed by atoms with Gasteiger partial charge in [0.25, 0.3) is 0 Å². The van der Waals surface area contributed by atoms with Gasteiger partial charge in [0.15, 0.2) is 0 Å². The van der Waals surface area contributed by atoms with E-state index in [0.29, 0.717) is 23.0 Å². The second kappa shape index (κ2) is 15.3. The molecule has 0 bridgehead atoms. The molecule has 8 nitrogen and oxygen atoms in total. The van der Waals surface area contributed by atoms with Crippen LogP contribution in [0.25, 0.3) is 11.1 Å². The van der Waals surface area contributed by atoms with Gasteiger partial charge in [0, 0.05) is 11.1 Å². The molecule has 6 aromatic carbocycles. The highest BCUT2D eigenvalue weighted by molar-refractivity contribution is 6.00. The van der Waals surface area contributed by atoms with Gasteiger partial charge in [-0.25, -0.2) is 0 Å². The van der Waals surface area contributed by atoms with Gasteiger partial charge in [-0.3, -0.25) is 10.9 Å². The number of nitrogens with zero attached hydrogens (tertiary/aromatic N) is 6. The van der Waals surface area contributed by atoms with E-state index in [4.69, 9.17) is 0 Å². The molecule has 0 unspecified atom stereocenters. The average molecular weight is 599 g/mol. The maximum absolute atomic E-state index is 4.50. The van der Waals surface area contributed by atoms with Gasteiger partial charge in [-0.2, -0.15) is 10.2 Å². The minimum atomic E-state index is 0.481. The fourth-order valence-electron chi connectivity index (χ4n) is 4.38. The summed E-state index contributed by atoms with van der Waals surface area (Å²) in [5.74, 6) is 0.962. The number of anilines is 2. The molecular weight excluding hydrogens is 568 g/mol. The first-order valence-electron chi connectivity index (χ1n) is 14.7. The van der Waals surface area contributed by atoms with Crippen molar-refractivity contribution in [2.75, 3.05) is 10.9 Å². The van der Waals surface area contributed by atoms with E-state index in [9.17, 15) is 0 Å². The molecule has 0 aliphatic carbocycles. The molecule has 0 heterocycles. The van der Waals surface area contributed by atoms with Crippen molar-refractivity contribution >= 4 is 34.4 Å². The predicted octanol–water partition coefficient (Wildman–Crippen LogP) is 10.5. The van der Waals surface area contributed by atoms with Crippen molar-refractivity contribution in [2.45, 2.75) is 0 Å². The summed E-state index contributed by atoms with van der Waals surface area (Å²) in [6, 6.07) is 54.8. The molecule has 46 heavy (non-hydrogen) atoms. The van der Waals surface area contributed by atoms with Crippen molar-refractivity contribution < 1.29 is 0 Å². The largest absolute Gasteiger partial charge is 0.276 e. The van der Waals surface area contributed by atoms with E-state index in [1.807, 2.05) is 170 Å². The lowest BCUT2D eigenvalue weighted by Gasteiger charge is -2.05. The summed E-state index contributed by atoms with van der Waals surface area (Å²) in [7, 11) is 0. The highest BCUT2D eigenvalue weighted by atomic mass is 15.3. The average Bonchev–Trinajstić information content (AvgIpc) is 3.14. The van der Waals surface area contributed by atoms with E-state index in [1.165, 1.54) is 0 Å². The molecule has 6 aromatic rings. The summed E-state index contributed by atoms with van der Waals surface area (Å²) in [6.45, 7) is 0. The minimum absolute atomic E-state index is 0.481. The molecule has 0 saturated carbocycles. The van der Waals surface area contributed by atoms with Crippen molar-refractivity contribution in [1.82, 2.24) is 0 Å². The Bertz CT molecular complexity index is 1790. The number of para-hydroxylation sites is 2. The molecule has 0 aliphatic rings. The van der Waals surface area contributed by atoms with Gasteiger partial charge in [0.05, 0.1) is 22.7 Å². The number of rotatable bonds is 9. The van der Waals surface area contributed by atoms with Gasteiger partial charge in [0.2, 0.25) is 11.7 Å². The summed E-state index contributed by atoms with van der Waals surface area (Å²) < 4.78 is 0. The van der Waals surface area contributed by atoms with Crippen LogP contribution in [-0.2, 0) is 0 Å². The van der Waals surface area contributed by atoms with Crippen LogP contribution in [0.3, 0.4) is 0 Å². The topological polar surface area (TPSA) is 98.2 Å². The molecule has 8 heteroatoms. The zero-order valence-corrected chi connectivity index (χ0v) is 24.8. The van der Waals surface area contributed by atoms with Crippen molar-refractivity contribution in [3.8, 4) is 11.1 Å². The predicted molar refractivity (Wildman–Crippen MR) is 187 cm³/mol. The number of nitrogens with one attached hydrogen (secondary N) is 2. The van der Waals surface area contributed by atoms with Crippen LogP contribution < -0.4 is 10.9 Å². The Hall–Kier alpha value is -6.54. The molecule has 0 radical (unpaired) electrons. The fraction of sp³-hybridized carbons (Fsp3) is 0. The van der Waals surface area contributed by atoms with Crippen molar-refractivity contribution in [3.05, 3.63) is 181 Å². The van der Waals surface area contributed by atoms with Crippen LogP contribution in [0.2, 0.25) is 0 Å². The summed E-state index contributed by atoms with van der Waals surface area (Å²) in [6.07, 6.45) is 0. The molecule has 6 rings (SSSR count). The quantitative estimate of drug-likeness (QED) is 0.0749. The molecular formula is C38H30N8. The first-order valence-corrected chi connectivity index (χ1v) is 14.7. The van der Waals surface area contributed by atoms with E-state index >= 15 is 0 Å². The molecule has 0 aliphatic heterocycles. The summed E-state index contributed by atoms with van der Waals surface area (Å²) in [5, 5.41) is 26.8. The van der Waals surface area contributed by atoms with Crippen LogP contribution in [-0.4, -0.2) is 11.7 Å².